The number of hydrogen-bond acceptors (Lipinski definition) is 2. The zero-order chi connectivity index (χ0) is 13.7. The minimum Gasteiger partial charge on any atom is -0.507 e. The van der Waals surface area contributed by atoms with E-state index < -0.39 is 5.82 Å². The maximum absolute atomic E-state index is 13.1. The molecule has 0 atom stereocenters. The number of rotatable bonds is 5. The Bertz CT molecular complexity index is 423. The van der Waals surface area contributed by atoms with Crippen molar-refractivity contribution in [3.8, 4) is 5.75 Å². The Kier molecular flexibility index (Phi) is 5.59. The van der Waals surface area contributed by atoms with E-state index in [9.17, 15) is 14.3 Å². The third kappa shape index (κ3) is 3.70. The van der Waals surface area contributed by atoms with Crippen LogP contribution in [-0.2, 0) is 0 Å². The van der Waals surface area contributed by atoms with E-state index in [4.69, 9.17) is 0 Å². The summed E-state index contributed by atoms with van der Waals surface area (Å²) in [4.78, 5) is 13.9. The van der Waals surface area contributed by atoms with Crippen molar-refractivity contribution in [2.75, 3.05) is 11.9 Å². The number of nitrogens with zero attached hydrogens (tertiary/aromatic N) is 1. The Morgan fingerprint density at radius 2 is 2.17 bits per heavy atom. The highest BCUT2D eigenvalue weighted by Gasteiger charge is 2.21. The molecule has 100 valence electrons. The van der Waals surface area contributed by atoms with Crippen LogP contribution in [0.25, 0.3) is 0 Å². The summed E-state index contributed by atoms with van der Waals surface area (Å²) in [6, 6.07) is 3.40. The van der Waals surface area contributed by atoms with Gasteiger partial charge in [0.25, 0.3) is 5.91 Å². The van der Waals surface area contributed by atoms with Crippen LogP contribution in [-0.4, -0.2) is 33.8 Å². The molecule has 0 saturated heterocycles. The second-order valence-electron chi connectivity index (χ2n) is 4.30. The van der Waals surface area contributed by atoms with Crippen molar-refractivity contribution in [2.24, 2.45) is 0 Å². The molecular formula is C13H17BrFNO2. The Morgan fingerprint density at radius 1 is 1.50 bits per heavy atom. The van der Waals surface area contributed by atoms with Gasteiger partial charge in [-0.3, -0.25) is 4.79 Å². The van der Waals surface area contributed by atoms with Crippen LogP contribution in [0.2, 0.25) is 0 Å². The number of phenols is 1. The summed E-state index contributed by atoms with van der Waals surface area (Å²) < 4.78 is 13.1. The van der Waals surface area contributed by atoms with Gasteiger partial charge in [-0.25, -0.2) is 4.39 Å². The van der Waals surface area contributed by atoms with E-state index in [0.29, 0.717) is 6.54 Å². The summed E-state index contributed by atoms with van der Waals surface area (Å²) in [5.41, 5.74) is 0.0123. The predicted octanol–water partition coefficient (Wildman–Crippen LogP) is 3.17. The maximum atomic E-state index is 13.1. The van der Waals surface area contributed by atoms with Gasteiger partial charge in [0, 0.05) is 17.9 Å². The third-order valence-electron chi connectivity index (χ3n) is 2.61. The van der Waals surface area contributed by atoms with Crippen LogP contribution in [0.1, 0.15) is 30.6 Å². The summed E-state index contributed by atoms with van der Waals surface area (Å²) in [5, 5.41) is 10.4. The van der Waals surface area contributed by atoms with Crippen LogP contribution in [0.15, 0.2) is 18.2 Å². The van der Waals surface area contributed by atoms with Gasteiger partial charge in [0.2, 0.25) is 0 Å². The fourth-order valence-corrected chi connectivity index (χ4v) is 1.91. The molecule has 0 heterocycles. The van der Waals surface area contributed by atoms with Gasteiger partial charge in [-0.05, 0) is 38.5 Å². The molecule has 1 aromatic rings. The average Bonchev–Trinajstić information content (AvgIpc) is 2.32. The first-order valence-electron chi connectivity index (χ1n) is 5.82. The molecule has 0 aliphatic heterocycles. The second-order valence-corrected chi connectivity index (χ2v) is 5.09. The number of aromatic hydroxyl groups is 1. The quantitative estimate of drug-likeness (QED) is 0.847. The van der Waals surface area contributed by atoms with Crippen molar-refractivity contribution < 1.29 is 14.3 Å². The van der Waals surface area contributed by atoms with Gasteiger partial charge in [0.1, 0.15) is 11.6 Å². The van der Waals surface area contributed by atoms with Crippen LogP contribution in [0.3, 0.4) is 0 Å². The van der Waals surface area contributed by atoms with E-state index in [1.807, 2.05) is 13.8 Å². The molecule has 0 spiro atoms. The number of carbonyl (C=O) groups excluding carboxylic acids is 1. The molecule has 0 aromatic heterocycles. The van der Waals surface area contributed by atoms with Gasteiger partial charge in [-0.15, -0.1) is 0 Å². The number of amides is 1. The van der Waals surface area contributed by atoms with Crippen molar-refractivity contribution in [1.82, 2.24) is 4.90 Å². The van der Waals surface area contributed by atoms with Crippen molar-refractivity contribution >= 4 is 21.8 Å². The van der Waals surface area contributed by atoms with Gasteiger partial charge in [0.15, 0.2) is 0 Å². The number of benzene rings is 1. The molecule has 0 bridgehead atoms. The topological polar surface area (TPSA) is 40.5 Å². The highest BCUT2D eigenvalue weighted by molar-refractivity contribution is 9.09. The zero-order valence-corrected chi connectivity index (χ0v) is 12.1. The monoisotopic (exact) mass is 317 g/mol. The van der Waals surface area contributed by atoms with Gasteiger partial charge < -0.3 is 10.0 Å². The summed E-state index contributed by atoms with van der Waals surface area (Å²) in [5.74, 6) is -1.06. The van der Waals surface area contributed by atoms with Crippen LogP contribution < -0.4 is 0 Å². The molecule has 18 heavy (non-hydrogen) atoms. The minimum atomic E-state index is -0.527. The molecule has 0 aliphatic carbocycles. The van der Waals surface area contributed by atoms with E-state index in [1.165, 1.54) is 6.07 Å². The first-order valence-corrected chi connectivity index (χ1v) is 6.95. The Hall–Kier alpha value is -1.10. The lowest BCUT2D eigenvalue weighted by molar-refractivity contribution is 0.0703. The largest absolute Gasteiger partial charge is 0.507 e. The Morgan fingerprint density at radius 3 is 2.72 bits per heavy atom. The van der Waals surface area contributed by atoms with Crippen molar-refractivity contribution in [3.63, 3.8) is 0 Å². The van der Waals surface area contributed by atoms with Crippen LogP contribution in [0, 0.1) is 5.82 Å². The SMILES string of the molecule is CC(C)N(CCCBr)C(=O)c1cc(F)ccc1O. The standard InChI is InChI=1S/C13H17BrFNO2/c1-9(2)16(7-3-6-14)13(18)11-8-10(15)4-5-12(11)17/h4-5,8-9,17H,3,6-7H2,1-2H3. The predicted molar refractivity (Wildman–Crippen MR) is 72.6 cm³/mol. The lowest BCUT2D eigenvalue weighted by Crippen LogP contribution is -2.38. The van der Waals surface area contributed by atoms with Crippen LogP contribution in [0.5, 0.6) is 5.75 Å². The second kappa shape index (κ2) is 6.73. The number of halogens is 2. The van der Waals surface area contributed by atoms with Gasteiger partial charge >= 0.3 is 0 Å². The molecule has 1 N–H and O–H groups in total. The molecule has 1 aromatic carbocycles. The van der Waals surface area contributed by atoms with Crippen molar-refractivity contribution in [1.29, 1.82) is 0 Å². The van der Waals surface area contributed by atoms with Gasteiger partial charge in [0.05, 0.1) is 5.56 Å². The average molecular weight is 318 g/mol. The normalized spacial score (nSPS) is 10.7. The van der Waals surface area contributed by atoms with Crippen molar-refractivity contribution in [2.45, 2.75) is 26.3 Å². The number of hydrogen-bond donors (Lipinski definition) is 1. The fraction of sp³-hybridized carbons (Fsp3) is 0.462. The highest BCUT2D eigenvalue weighted by atomic mass is 79.9. The maximum Gasteiger partial charge on any atom is 0.257 e. The molecule has 5 heteroatoms. The molecule has 1 amide bonds. The smallest absolute Gasteiger partial charge is 0.257 e. The van der Waals surface area contributed by atoms with E-state index >= 15 is 0 Å². The molecule has 0 saturated carbocycles. The number of phenolic OH excluding ortho intramolecular Hbond substituents is 1. The summed E-state index contributed by atoms with van der Waals surface area (Å²) in [6.45, 7) is 4.35. The summed E-state index contributed by atoms with van der Waals surface area (Å²) in [7, 11) is 0. The number of alkyl halides is 1. The molecule has 0 aliphatic rings. The first kappa shape index (κ1) is 15.0. The first-order chi connectivity index (χ1) is 8.47. The Labute approximate surface area is 115 Å². The van der Waals surface area contributed by atoms with Crippen LogP contribution in [0.4, 0.5) is 4.39 Å². The summed E-state index contributed by atoms with van der Waals surface area (Å²) >= 11 is 3.31. The summed E-state index contributed by atoms with van der Waals surface area (Å²) in [6.07, 6.45) is 0.806. The van der Waals surface area contributed by atoms with E-state index in [2.05, 4.69) is 15.9 Å². The van der Waals surface area contributed by atoms with Crippen LogP contribution >= 0.6 is 15.9 Å². The van der Waals surface area contributed by atoms with Crippen molar-refractivity contribution in [3.05, 3.63) is 29.6 Å². The highest BCUT2D eigenvalue weighted by Crippen LogP contribution is 2.21. The number of carbonyl (C=O) groups is 1. The molecule has 0 radical (unpaired) electrons. The third-order valence-corrected chi connectivity index (χ3v) is 3.17. The Balaban J connectivity index is 2.98. The molecular weight excluding hydrogens is 301 g/mol. The zero-order valence-electron chi connectivity index (χ0n) is 10.5. The van der Waals surface area contributed by atoms with Gasteiger partial charge in [-0.1, -0.05) is 15.9 Å². The van der Waals surface area contributed by atoms with E-state index in [0.717, 1.165) is 23.9 Å². The molecule has 1 rings (SSSR count). The lowest BCUT2D eigenvalue weighted by Gasteiger charge is -2.26. The molecule has 0 unspecified atom stereocenters. The van der Waals surface area contributed by atoms with Gasteiger partial charge in [-0.2, -0.15) is 0 Å². The van der Waals surface area contributed by atoms with E-state index in [-0.39, 0.29) is 23.3 Å². The molecule has 3 nitrogen and oxygen atoms in total. The molecule has 0 fully saturated rings. The lowest BCUT2D eigenvalue weighted by atomic mass is 10.1. The van der Waals surface area contributed by atoms with E-state index in [1.54, 1.807) is 4.90 Å². The fourth-order valence-electron chi connectivity index (χ4n) is 1.66. The minimum absolute atomic E-state index is 0.000725.